The minimum absolute atomic E-state index is 0.134. The average molecular weight is 418 g/mol. The van der Waals surface area contributed by atoms with Crippen LogP contribution in [-0.4, -0.2) is 39.5 Å². The molecule has 2 amide bonds. The van der Waals surface area contributed by atoms with Crippen LogP contribution in [0.3, 0.4) is 0 Å². The van der Waals surface area contributed by atoms with Crippen LogP contribution in [0.5, 0.6) is 0 Å². The number of hydrogen-bond donors (Lipinski definition) is 2. The molecule has 0 aliphatic carbocycles. The lowest BCUT2D eigenvalue weighted by atomic mass is 9.96. The highest BCUT2D eigenvalue weighted by atomic mass is 32.2. The van der Waals surface area contributed by atoms with Crippen molar-refractivity contribution in [3.05, 3.63) is 65.9 Å². The Labute approximate surface area is 179 Å². The predicted octanol–water partition coefficient (Wildman–Crippen LogP) is 4.60. The Balaban J connectivity index is 1.39. The first-order valence-corrected chi connectivity index (χ1v) is 10.9. The van der Waals surface area contributed by atoms with Crippen molar-refractivity contribution in [2.24, 2.45) is 0 Å². The number of aromatic nitrogens is 1. The number of aromatic amines is 1. The van der Waals surface area contributed by atoms with Gasteiger partial charge in [0.1, 0.15) is 0 Å². The minimum atomic E-state index is -1.16. The highest BCUT2D eigenvalue weighted by molar-refractivity contribution is 8.02. The molecule has 0 bridgehead atoms. The second-order valence-electron chi connectivity index (χ2n) is 8.02. The molecule has 152 valence electrons. The van der Waals surface area contributed by atoms with Gasteiger partial charge in [-0.1, -0.05) is 42.1 Å². The summed E-state index contributed by atoms with van der Waals surface area (Å²) in [6, 6.07) is 13.9. The number of H-pyrrole nitrogens is 1. The van der Waals surface area contributed by atoms with E-state index < -0.39 is 4.75 Å². The number of fused-ring (bicyclic) bond motifs is 2. The number of thioether (sulfide) groups is 1. The normalized spacial score (nSPS) is 21.2. The molecule has 3 aromatic rings. The molecule has 2 N–H and O–H groups in total. The van der Waals surface area contributed by atoms with Gasteiger partial charge in [0.2, 0.25) is 11.8 Å². The topological polar surface area (TPSA) is 65.2 Å². The molecule has 3 heterocycles. The summed E-state index contributed by atoms with van der Waals surface area (Å²) in [4.78, 5) is 32.2. The van der Waals surface area contributed by atoms with E-state index in [0.29, 0.717) is 13.1 Å². The van der Waals surface area contributed by atoms with Crippen LogP contribution in [0.4, 0.5) is 5.69 Å². The molecule has 1 unspecified atom stereocenters. The van der Waals surface area contributed by atoms with Gasteiger partial charge in [0.05, 0.1) is 5.69 Å². The second-order valence-corrected chi connectivity index (χ2v) is 9.48. The average Bonchev–Trinajstić information content (AvgIpc) is 3.20. The zero-order chi connectivity index (χ0) is 20.9. The summed E-state index contributed by atoms with van der Waals surface area (Å²) in [6.07, 6.45) is 4.95. The molecule has 0 radical (unpaired) electrons. The third-order valence-electron chi connectivity index (χ3n) is 6.05. The molecule has 0 fully saturated rings. The van der Waals surface area contributed by atoms with Gasteiger partial charge in [-0.05, 0) is 49.6 Å². The van der Waals surface area contributed by atoms with Crippen molar-refractivity contribution in [1.82, 2.24) is 9.88 Å². The number of hydrogen-bond acceptors (Lipinski definition) is 3. The number of para-hydroxylation sites is 1. The molecule has 30 heavy (non-hydrogen) atoms. The molecule has 6 heteroatoms. The maximum Gasteiger partial charge on any atom is 0.250 e. The van der Waals surface area contributed by atoms with E-state index in [4.69, 9.17) is 0 Å². The summed E-state index contributed by atoms with van der Waals surface area (Å²) in [7, 11) is 0. The molecule has 0 saturated carbocycles. The molecule has 2 aliphatic heterocycles. The Bertz CT molecular complexity index is 1210. The molecule has 5 rings (SSSR count). The van der Waals surface area contributed by atoms with E-state index in [-0.39, 0.29) is 11.8 Å². The van der Waals surface area contributed by atoms with E-state index >= 15 is 0 Å². The van der Waals surface area contributed by atoms with Crippen LogP contribution in [0.15, 0.2) is 59.6 Å². The number of rotatable bonds is 2. The summed E-state index contributed by atoms with van der Waals surface area (Å²) in [5, 5.41) is 4.15. The number of nitrogens with zero attached hydrogens (tertiary/aromatic N) is 1. The zero-order valence-corrected chi connectivity index (χ0v) is 17.8. The van der Waals surface area contributed by atoms with Crippen molar-refractivity contribution < 1.29 is 9.59 Å². The van der Waals surface area contributed by atoms with Crippen LogP contribution in [-0.2, 0) is 9.59 Å². The third-order valence-corrected chi connectivity index (χ3v) is 7.39. The summed E-state index contributed by atoms with van der Waals surface area (Å²) in [6.45, 7) is 4.97. The van der Waals surface area contributed by atoms with E-state index in [1.807, 2.05) is 24.3 Å². The second kappa shape index (κ2) is 7.06. The molecular weight excluding hydrogens is 394 g/mol. The SMILES string of the molecule is Cc1cccc2[nH]cc(C3=CCN(C(=O)C4(C)Sc5ccccc5NC4=O)CC3)c12. The minimum Gasteiger partial charge on any atom is -0.361 e. The molecule has 5 nitrogen and oxygen atoms in total. The first-order valence-electron chi connectivity index (χ1n) is 10.1. The van der Waals surface area contributed by atoms with E-state index in [9.17, 15) is 9.59 Å². The number of carbonyl (C=O) groups excluding carboxylic acids is 2. The number of aryl methyl sites for hydroxylation is 1. The lowest BCUT2D eigenvalue weighted by molar-refractivity contribution is -0.137. The molecule has 2 aliphatic rings. The molecule has 0 spiro atoms. The third kappa shape index (κ3) is 2.94. The van der Waals surface area contributed by atoms with Gasteiger partial charge in [0.25, 0.3) is 0 Å². The number of carbonyl (C=O) groups is 2. The summed E-state index contributed by atoms with van der Waals surface area (Å²) in [5.74, 6) is -0.386. The quantitative estimate of drug-likeness (QED) is 0.599. The highest BCUT2D eigenvalue weighted by Gasteiger charge is 2.47. The van der Waals surface area contributed by atoms with Crippen molar-refractivity contribution in [3.63, 3.8) is 0 Å². The zero-order valence-electron chi connectivity index (χ0n) is 17.0. The summed E-state index contributed by atoms with van der Waals surface area (Å²) < 4.78 is -1.16. The van der Waals surface area contributed by atoms with E-state index in [1.54, 1.807) is 11.8 Å². The first-order chi connectivity index (χ1) is 14.5. The van der Waals surface area contributed by atoms with E-state index in [1.165, 1.54) is 33.8 Å². The van der Waals surface area contributed by atoms with Gasteiger partial charge in [-0.15, -0.1) is 0 Å². The van der Waals surface area contributed by atoms with Gasteiger partial charge in [0, 0.05) is 40.6 Å². The molecule has 2 aromatic carbocycles. The van der Waals surface area contributed by atoms with E-state index in [0.717, 1.165) is 22.5 Å². The van der Waals surface area contributed by atoms with Crippen LogP contribution < -0.4 is 5.32 Å². The van der Waals surface area contributed by atoms with Crippen LogP contribution in [0.1, 0.15) is 24.5 Å². The van der Waals surface area contributed by atoms with Crippen molar-refractivity contribution in [2.45, 2.75) is 29.9 Å². The fourth-order valence-corrected chi connectivity index (χ4v) is 5.50. The number of nitrogens with one attached hydrogen (secondary N) is 2. The van der Waals surface area contributed by atoms with Crippen molar-refractivity contribution >= 4 is 45.7 Å². The van der Waals surface area contributed by atoms with Gasteiger partial charge in [0.15, 0.2) is 4.75 Å². The van der Waals surface area contributed by atoms with Crippen LogP contribution >= 0.6 is 11.8 Å². The Morgan fingerprint density at radius 3 is 2.80 bits per heavy atom. The fraction of sp³-hybridized carbons (Fsp3) is 0.250. The van der Waals surface area contributed by atoms with Gasteiger partial charge in [-0.25, -0.2) is 0 Å². The van der Waals surface area contributed by atoms with Gasteiger partial charge < -0.3 is 15.2 Å². The Kier molecular flexibility index (Phi) is 4.47. The number of benzene rings is 2. The lowest BCUT2D eigenvalue weighted by Crippen LogP contribution is -2.54. The fourth-order valence-electron chi connectivity index (χ4n) is 4.33. The maximum atomic E-state index is 13.4. The van der Waals surface area contributed by atoms with Crippen LogP contribution in [0.25, 0.3) is 16.5 Å². The largest absolute Gasteiger partial charge is 0.361 e. The highest BCUT2D eigenvalue weighted by Crippen LogP contribution is 2.43. The van der Waals surface area contributed by atoms with Crippen molar-refractivity contribution in [3.8, 4) is 0 Å². The summed E-state index contributed by atoms with van der Waals surface area (Å²) >= 11 is 1.34. The standard InChI is InChI=1S/C24H23N3O2S/c1-15-6-5-8-19-21(15)17(14-25-19)16-10-12-27(13-11-16)23(29)24(2)22(28)26-18-7-3-4-9-20(18)30-24/h3-10,14,25H,11-13H2,1-2H3,(H,26,28). The molecule has 1 atom stereocenters. The molecular formula is C24H23N3O2S. The lowest BCUT2D eigenvalue weighted by Gasteiger charge is -2.37. The Hall–Kier alpha value is -2.99. The Morgan fingerprint density at radius 1 is 1.17 bits per heavy atom. The van der Waals surface area contributed by atoms with Gasteiger partial charge in [-0.2, -0.15) is 0 Å². The number of anilines is 1. The molecule has 1 aromatic heterocycles. The van der Waals surface area contributed by atoms with Gasteiger partial charge in [-0.3, -0.25) is 9.59 Å². The van der Waals surface area contributed by atoms with Crippen molar-refractivity contribution in [2.75, 3.05) is 18.4 Å². The van der Waals surface area contributed by atoms with Crippen LogP contribution in [0, 0.1) is 6.92 Å². The van der Waals surface area contributed by atoms with E-state index in [2.05, 4.69) is 47.7 Å². The first kappa shape index (κ1) is 19.0. The number of amides is 2. The van der Waals surface area contributed by atoms with Crippen molar-refractivity contribution in [1.29, 1.82) is 0 Å². The Morgan fingerprint density at radius 2 is 2.00 bits per heavy atom. The monoisotopic (exact) mass is 417 g/mol. The van der Waals surface area contributed by atoms with Gasteiger partial charge >= 0.3 is 0 Å². The molecule has 0 saturated heterocycles. The predicted molar refractivity (Wildman–Crippen MR) is 122 cm³/mol. The van der Waals surface area contributed by atoms with Crippen LogP contribution in [0.2, 0.25) is 0 Å². The maximum absolute atomic E-state index is 13.4. The smallest absolute Gasteiger partial charge is 0.250 e. The summed E-state index contributed by atoms with van der Waals surface area (Å²) in [5.41, 5.74) is 5.60.